The van der Waals surface area contributed by atoms with Crippen molar-refractivity contribution in [1.82, 2.24) is 4.98 Å². The highest BCUT2D eigenvalue weighted by atomic mass is 16.3. The predicted octanol–water partition coefficient (Wildman–Crippen LogP) is 1.11. The molecule has 1 atom stereocenters. The topological polar surface area (TPSA) is 59.1 Å². The van der Waals surface area contributed by atoms with Gasteiger partial charge in [0.15, 0.2) is 0 Å². The highest BCUT2D eigenvalue weighted by Gasteiger charge is 2.04. The van der Waals surface area contributed by atoms with Crippen LogP contribution in [-0.4, -0.2) is 10.1 Å². The van der Waals surface area contributed by atoms with Crippen LogP contribution in [0.3, 0.4) is 0 Å². The number of nitrogens with two attached hydrogens (primary N) is 1. The van der Waals surface area contributed by atoms with Gasteiger partial charge >= 0.3 is 0 Å². The SMILES string of the molecule is CCC(O)c1cccc(N)n1. The zero-order valence-electron chi connectivity index (χ0n) is 6.49. The summed E-state index contributed by atoms with van der Waals surface area (Å²) in [5.41, 5.74) is 6.07. The first-order valence-electron chi connectivity index (χ1n) is 3.64. The molecule has 0 saturated heterocycles. The summed E-state index contributed by atoms with van der Waals surface area (Å²) in [6, 6.07) is 5.26. The molecule has 1 rings (SSSR count). The van der Waals surface area contributed by atoms with Gasteiger partial charge in [-0.25, -0.2) is 4.98 Å². The molecule has 0 spiro atoms. The first-order valence-corrected chi connectivity index (χ1v) is 3.64. The first-order chi connectivity index (χ1) is 5.24. The zero-order chi connectivity index (χ0) is 8.27. The minimum Gasteiger partial charge on any atom is -0.387 e. The molecule has 1 aromatic rings. The first kappa shape index (κ1) is 8.01. The van der Waals surface area contributed by atoms with Gasteiger partial charge in [-0.05, 0) is 18.6 Å². The van der Waals surface area contributed by atoms with Gasteiger partial charge < -0.3 is 10.8 Å². The van der Waals surface area contributed by atoms with Crippen molar-refractivity contribution in [3.63, 3.8) is 0 Å². The molecule has 0 saturated carbocycles. The van der Waals surface area contributed by atoms with Crippen LogP contribution in [-0.2, 0) is 0 Å². The summed E-state index contributed by atoms with van der Waals surface area (Å²) in [4.78, 5) is 3.97. The van der Waals surface area contributed by atoms with Crippen LogP contribution in [0, 0.1) is 0 Å². The van der Waals surface area contributed by atoms with E-state index in [4.69, 9.17) is 5.73 Å². The molecule has 3 N–H and O–H groups in total. The third-order valence-corrected chi connectivity index (χ3v) is 1.52. The third kappa shape index (κ3) is 1.91. The standard InChI is InChI=1S/C8H12N2O/c1-2-7(11)6-4-3-5-8(9)10-6/h3-5,7,11H,2H2,1H3,(H2,9,10). The maximum absolute atomic E-state index is 9.34. The van der Waals surface area contributed by atoms with Gasteiger partial charge in [-0.1, -0.05) is 13.0 Å². The third-order valence-electron chi connectivity index (χ3n) is 1.52. The van der Waals surface area contributed by atoms with Crippen molar-refractivity contribution in [2.75, 3.05) is 5.73 Å². The van der Waals surface area contributed by atoms with E-state index in [0.29, 0.717) is 17.9 Å². The average Bonchev–Trinajstić information content (AvgIpc) is 2.03. The molecule has 0 aliphatic heterocycles. The fraction of sp³-hybridized carbons (Fsp3) is 0.375. The summed E-state index contributed by atoms with van der Waals surface area (Å²) in [5, 5.41) is 9.34. The van der Waals surface area contributed by atoms with Crippen molar-refractivity contribution in [3.8, 4) is 0 Å². The van der Waals surface area contributed by atoms with Crippen molar-refractivity contribution in [3.05, 3.63) is 23.9 Å². The number of nitrogens with zero attached hydrogens (tertiary/aromatic N) is 1. The van der Waals surface area contributed by atoms with E-state index < -0.39 is 6.10 Å². The van der Waals surface area contributed by atoms with Crippen molar-refractivity contribution in [1.29, 1.82) is 0 Å². The number of aliphatic hydroxyl groups is 1. The van der Waals surface area contributed by atoms with E-state index in [9.17, 15) is 5.11 Å². The second-order valence-corrected chi connectivity index (χ2v) is 2.41. The second kappa shape index (κ2) is 3.34. The lowest BCUT2D eigenvalue weighted by Crippen LogP contribution is -2.00. The Labute approximate surface area is 65.9 Å². The fourth-order valence-electron chi connectivity index (χ4n) is 0.864. The number of hydrogen-bond acceptors (Lipinski definition) is 3. The number of aliphatic hydroxyl groups excluding tert-OH is 1. The molecule has 0 aromatic carbocycles. The predicted molar refractivity (Wildman–Crippen MR) is 43.9 cm³/mol. The van der Waals surface area contributed by atoms with Gasteiger partial charge in [0.05, 0.1) is 11.8 Å². The van der Waals surface area contributed by atoms with Crippen molar-refractivity contribution in [2.45, 2.75) is 19.4 Å². The Morgan fingerprint density at radius 3 is 2.91 bits per heavy atom. The minimum absolute atomic E-state index is 0.454. The molecule has 3 heteroatoms. The van der Waals surface area contributed by atoms with Gasteiger partial charge in [0.2, 0.25) is 0 Å². The quantitative estimate of drug-likeness (QED) is 0.667. The van der Waals surface area contributed by atoms with Crippen molar-refractivity contribution >= 4 is 5.82 Å². The molecular weight excluding hydrogens is 140 g/mol. The summed E-state index contributed by atoms with van der Waals surface area (Å²) < 4.78 is 0. The van der Waals surface area contributed by atoms with Crippen LogP contribution in [0.4, 0.5) is 5.82 Å². The number of pyridine rings is 1. The Kier molecular flexibility index (Phi) is 2.44. The number of aromatic nitrogens is 1. The molecule has 1 heterocycles. The number of hydrogen-bond donors (Lipinski definition) is 2. The second-order valence-electron chi connectivity index (χ2n) is 2.41. The summed E-state index contributed by atoms with van der Waals surface area (Å²) >= 11 is 0. The largest absolute Gasteiger partial charge is 0.387 e. The molecule has 0 aliphatic carbocycles. The van der Waals surface area contributed by atoms with Crippen LogP contribution in [0.5, 0.6) is 0 Å². The molecule has 0 bridgehead atoms. The lowest BCUT2D eigenvalue weighted by molar-refractivity contribution is 0.169. The number of anilines is 1. The van der Waals surface area contributed by atoms with Gasteiger partial charge in [0.25, 0.3) is 0 Å². The van der Waals surface area contributed by atoms with Gasteiger partial charge in [-0.15, -0.1) is 0 Å². The monoisotopic (exact) mass is 152 g/mol. The summed E-state index contributed by atoms with van der Waals surface area (Å²) in [7, 11) is 0. The number of nitrogen functional groups attached to an aromatic ring is 1. The molecule has 0 radical (unpaired) electrons. The molecule has 0 aliphatic rings. The molecule has 0 fully saturated rings. The van der Waals surface area contributed by atoms with Crippen LogP contribution >= 0.6 is 0 Å². The Morgan fingerprint density at radius 2 is 2.36 bits per heavy atom. The summed E-state index contributed by atoms with van der Waals surface area (Å²) in [5.74, 6) is 0.454. The highest BCUT2D eigenvalue weighted by molar-refractivity contribution is 5.29. The van der Waals surface area contributed by atoms with E-state index in [-0.39, 0.29) is 0 Å². The Bertz CT molecular complexity index is 237. The summed E-state index contributed by atoms with van der Waals surface area (Å²) in [6.07, 6.45) is 0.176. The molecule has 11 heavy (non-hydrogen) atoms. The van der Waals surface area contributed by atoms with Gasteiger partial charge in [0.1, 0.15) is 5.82 Å². The van der Waals surface area contributed by atoms with E-state index in [1.165, 1.54) is 0 Å². The van der Waals surface area contributed by atoms with E-state index in [1.807, 2.05) is 6.92 Å². The Morgan fingerprint density at radius 1 is 1.64 bits per heavy atom. The van der Waals surface area contributed by atoms with Gasteiger partial charge in [0, 0.05) is 0 Å². The molecule has 3 nitrogen and oxygen atoms in total. The van der Waals surface area contributed by atoms with Crippen LogP contribution in [0.25, 0.3) is 0 Å². The zero-order valence-corrected chi connectivity index (χ0v) is 6.49. The fourth-order valence-corrected chi connectivity index (χ4v) is 0.864. The average molecular weight is 152 g/mol. The van der Waals surface area contributed by atoms with E-state index in [1.54, 1.807) is 18.2 Å². The van der Waals surface area contributed by atoms with E-state index in [2.05, 4.69) is 4.98 Å². The summed E-state index contributed by atoms with van der Waals surface area (Å²) in [6.45, 7) is 1.90. The van der Waals surface area contributed by atoms with Gasteiger partial charge in [-0.3, -0.25) is 0 Å². The lowest BCUT2D eigenvalue weighted by atomic mass is 10.2. The van der Waals surface area contributed by atoms with Crippen LogP contribution in [0.1, 0.15) is 25.1 Å². The van der Waals surface area contributed by atoms with Crippen molar-refractivity contribution < 1.29 is 5.11 Å². The maximum Gasteiger partial charge on any atom is 0.123 e. The van der Waals surface area contributed by atoms with Crippen LogP contribution in [0.15, 0.2) is 18.2 Å². The molecule has 0 amide bonds. The van der Waals surface area contributed by atoms with E-state index in [0.717, 1.165) is 0 Å². The van der Waals surface area contributed by atoms with Crippen LogP contribution < -0.4 is 5.73 Å². The van der Waals surface area contributed by atoms with Crippen LogP contribution in [0.2, 0.25) is 0 Å². The number of rotatable bonds is 2. The smallest absolute Gasteiger partial charge is 0.123 e. The molecule has 1 unspecified atom stereocenters. The molecule has 1 aromatic heterocycles. The highest BCUT2D eigenvalue weighted by Crippen LogP contribution is 2.13. The maximum atomic E-state index is 9.34. The minimum atomic E-state index is -0.488. The molecular formula is C8H12N2O. The normalized spacial score (nSPS) is 12.9. The van der Waals surface area contributed by atoms with Gasteiger partial charge in [-0.2, -0.15) is 0 Å². The Hall–Kier alpha value is -1.09. The molecule has 60 valence electrons. The Balaban J connectivity index is 2.86. The lowest BCUT2D eigenvalue weighted by Gasteiger charge is -2.06. The van der Waals surface area contributed by atoms with Crippen molar-refractivity contribution in [2.24, 2.45) is 0 Å². The van der Waals surface area contributed by atoms with E-state index >= 15 is 0 Å².